The van der Waals surface area contributed by atoms with E-state index in [-0.39, 0.29) is 5.57 Å². The molecule has 5 nitrogen and oxygen atoms in total. The van der Waals surface area contributed by atoms with E-state index < -0.39 is 5.91 Å². The summed E-state index contributed by atoms with van der Waals surface area (Å²) in [5.41, 5.74) is 3.43. The van der Waals surface area contributed by atoms with Gasteiger partial charge in [-0.1, -0.05) is 18.2 Å². The van der Waals surface area contributed by atoms with Crippen LogP contribution in [0.15, 0.2) is 42.0 Å². The molecule has 0 spiro atoms. The number of anilines is 1. The second-order valence-corrected chi connectivity index (χ2v) is 5.71. The normalized spacial score (nSPS) is 10.8. The van der Waals surface area contributed by atoms with Gasteiger partial charge in [-0.15, -0.1) is 0 Å². The predicted octanol–water partition coefficient (Wildman–Crippen LogP) is 4.26. The van der Waals surface area contributed by atoms with Gasteiger partial charge in [0.25, 0.3) is 5.91 Å². The Morgan fingerprint density at radius 1 is 1.23 bits per heavy atom. The summed E-state index contributed by atoms with van der Waals surface area (Å²) in [4.78, 5) is 12.5. The van der Waals surface area contributed by atoms with Gasteiger partial charge in [-0.25, -0.2) is 0 Å². The first-order valence-electron chi connectivity index (χ1n) is 8.30. The first-order valence-corrected chi connectivity index (χ1v) is 8.30. The van der Waals surface area contributed by atoms with Crippen LogP contribution in [-0.4, -0.2) is 19.6 Å². The van der Waals surface area contributed by atoms with Crippen molar-refractivity contribution in [1.82, 2.24) is 0 Å². The fourth-order valence-corrected chi connectivity index (χ4v) is 2.44. The van der Waals surface area contributed by atoms with E-state index in [2.05, 4.69) is 5.32 Å². The Labute approximate surface area is 153 Å². The van der Waals surface area contributed by atoms with Gasteiger partial charge >= 0.3 is 0 Å². The quantitative estimate of drug-likeness (QED) is 0.624. The van der Waals surface area contributed by atoms with E-state index in [4.69, 9.17) is 9.47 Å². The third-order valence-electron chi connectivity index (χ3n) is 4.02. The largest absolute Gasteiger partial charge is 0.493 e. The Hall–Kier alpha value is -3.26. The zero-order valence-electron chi connectivity index (χ0n) is 15.4. The lowest BCUT2D eigenvalue weighted by Crippen LogP contribution is -2.14. The van der Waals surface area contributed by atoms with Crippen LogP contribution >= 0.6 is 0 Å². The van der Waals surface area contributed by atoms with Gasteiger partial charge in [0.05, 0.1) is 13.7 Å². The van der Waals surface area contributed by atoms with Gasteiger partial charge in [0, 0.05) is 5.69 Å². The number of carbonyl (C=O) groups is 1. The minimum absolute atomic E-state index is 0.0125. The maximum atomic E-state index is 12.5. The first kappa shape index (κ1) is 19.1. The number of aryl methyl sites for hydroxylation is 1. The van der Waals surface area contributed by atoms with E-state index in [1.54, 1.807) is 25.3 Å². The van der Waals surface area contributed by atoms with Crippen molar-refractivity contribution in [2.45, 2.75) is 20.8 Å². The summed E-state index contributed by atoms with van der Waals surface area (Å²) in [6.45, 7) is 6.26. The third-order valence-corrected chi connectivity index (χ3v) is 4.02. The molecule has 0 fully saturated rings. The molecule has 1 amide bonds. The Kier molecular flexibility index (Phi) is 6.40. The number of rotatable bonds is 6. The molecule has 5 heteroatoms. The molecule has 0 bridgehead atoms. The van der Waals surface area contributed by atoms with Gasteiger partial charge in [0.1, 0.15) is 11.6 Å². The van der Waals surface area contributed by atoms with E-state index in [1.165, 1.54) is 6.08 Å². The molecule has 0 aliphatic rings. The molecule has 2 aromatic rings. The second kappa shape index (κ2) is 8.72. The van der Waals surface area contributed by atoms with E-state index in [1.807, 2.05) is 45.0 Å². The molecular formula is C21H22N2O3. The lowest BCUT2D eigenvalue weighted by atomic mass is 10.1. The van der Waals surface area contributed by atoms with Crippen LogP contribution in [0.3, 0.4) is 0 Å². The summed E-state index contributed by atoms with van der Waals surface area (Å²) >= 11 is 0. The van der Waals surface area contributed by atoms with E-state index in [0.717, 1.165) is 11.1 Å². The molecule has 0 heterocycles. The molecule has 26 heavy (non-hydrogen) atoms. The topological polar surface area (TPSA) is 71.3 Å². The monoisotopic (exact) mass is 350 g/mol. The van der Waals surface area contributed by atoms with Crippen LogP contribution in [0.25, 0.3) is 6.08 Å². The van der Waals surface area contributed by atoms with E-state index >= 15 is 0 Å². The van der Waals surface area contributed by atoms with Crippen molar-refractivity contribution < 1.29 is 14.3 Å². The smallest absolute Gasteiger partial charge is 0.266 e. The van der Waals surface area contributed by atoms with Gasteiger partial charge in [-0.05, 0) is 61.7 Å². The maximum Gasteiger partial charge on any atom is 0.266 e. The fourth-order valence-electron chi connectivity index (χ4n) is 2.44. The number of nitriles is 1. The van der Waals surface area contributed by atoms with Crippen LogP contribution in [0.4, 0.5) is 5.69 Å². The van der Waals surface area contributed by atoms with E-state index in [9.17, 15) is 10.1 Å². The average Bonchev–Trinajstić information content (AvgIpc) is 2.64. The van der Waals surface area contributed by atoms with Gasteiger partial charge in [0.2, 0.25) is 0 Å². The second-order valence-electron chi connectivity index (χ2n) is 5.71. The van der Waals surface area contributed by atoms with Gasteiger partial charge < -0.3 is 14.8 Å². The molecule has 0 aliphatic carbocycles. The number of benzene rings is 2. The summed E-state index contributed by atoms with van der Waals surface area (Å²) in [5, 5.41) is 12.2. The Morgan fingerprint density at radius 3 is 2.65 bits per heavy atom. The number of methoxy groups -OCH3 is 1. The van der Waals surface area contributed by atoms with Crippen molar-refractivity contribution in [2.75, 3.05) is 19.0 Å². The summed E-state index contributed by atoms with van der Waals surface area (Å²) in [6.07, 6.45) is 1.53. The van der Waals surface area contributed by atoms with Crippen LogP contribution < -0.4 is 14.8 Å². The van der Waals surface area contributed by atoms with Gasteiger partial charge in [-0.3, -0.25) is 4.79 Å². The Morgan fingerprint density at radius 2 is 2.00 bits per heavy atom. The highest BCUT2D eigenvalue weighted by Crippen LogP contribution is 2.29. The van der Waals surface area contributed by atoms with Crippen LogP contribution in [0, 0.1) is 25.2 Å². The fraction of sp³-hybridized carbons (Fsp3) is 0.238. The molecule has 134 valence electrons. The van der Waals surface area contributed by atoms with Crippen LogP contribution in [0.5, 0.6) is 11.5 Å². The number of amides is 1. The van der Waals surface area contributed by atoms with Crippen molar-refractivity contribution in [1.29, 1.82) is 5.26 Å². The Bertz CT molecular complexity index is 879. The third kappa shape index (κ3) is 4.42. The average molecular weight is 350 g/mol. The van der Waals surface area contributed by atoms with Crippen molar-refractivity contribution in [3.63, 3.8) is 0 Å². The van der Waals surface area contributed by atoms with Gasteiger partial charge in [0.15, 0.2) is 11.5 Å². The molecule has 2 aromatic carbocycles. The zero-order chi connectivity index (χ0) is 19.1. The molecule has 0 saturated heterocycles. The van der Waals surface area contributed by atoms with Crippen LogP contribution in [0.2, 0.25) is 0 Å². The van der Waals surface area contributed by atoms with Crippen LogP contribution in [-0.2, 0) is 4.79 Å². The minimum Gasteiger partial charge on any atom is -0.493 e. The molecule has 0 aliphatic heterocycles. The van der Waals surface area contributed by atoms with Crippen LogP contribution in [0.1, 0.15) is 23.6 Å². The number of nitrogens with one attached hydrogen (secondary N) is 1. The number of nitrogens with zero attached hydrogens (tertiary/aromatic N) is 1. The number of ether oxygens (including phenoxy) is 2. The highest BCUT2D eigenvalue weighted by molar-refractivity contribution is 6.10. The van der Waals surface area contributed by atoms with Crippen molar-refractivity contribution >= 4 is 17.7 Å². The molecular weight excluding hydrogens is 328 g/mol. The van der Waals surface area contributed by atoms with Gasteiger partial charge in [-0.2, -0.15) is 5.26 Å². The van der Waals surface area contributed by atoms with Crippen molar-refractivity contribution in [2.24, 2.45) is 0 Å². The highest BCUT2D eigenvalue weighted by Gasteiger charge is 2.12. The van der Waals surface area contributed by atoms with Crippen molar-refractivity contribution in [3.8, 4) is 17.6 Å². The lowest BCUT2D eigenvalue weighted by Gasteiger charge is -2.11. The molecule has 0 radical (unpaired) electrons. The SMILES string of the molecule is CCOc1cc(/C=C(/C#N)C(=O)Nc2cccc(C)c2C)ccc1OC. The molecule has 0 atom stereocenters. The maximum absolute atomic E-state index is 12.5. The summed E-state index contributed by atoms with van der Waals surface area (Å²) in [5.74, 6) is 0.716. The summed E-state index contributed by atoms with van der Waals surface area (Å²) < 4.78 is 10.8. The molecule has 0 saturated carbocycles. The Balaban J connectivity index is 2.29. The van der Waals surface area contributed by atoms with Crippen molar-refractivity contribution in [3.05, 3.63) is 58.7 Å². The standard InChI is InChI=1S/C21H22N2O3/c1-5-26-20-12-16(9-10-19(20)25-4)11-17(13-22)21(24)23-18-8-6-7-14(2)15(18)3/h6-12H,5H2,1-4H3,(H,23,24)/b17-11-. The molecule has 0 unspecified atom stereocenters. The number of carbonyl (C=O) groups excluding carboxylic acids is 1. The number of hydrogen-bond donors (Lipinski definition) is 1. The number of hydrogen-bond acceptors (Lipinski definition) is 4. The minimum atomic E-state index is -0.449. The summed E-state index contributed by atoms with van der Waals surface area (Å²) in [7, 11) is 1.56. The lowest BCUT2D eigenvalue weighted by molar-refractivity contribution is -0.112. The highest BCUT2D eigenvalue weighted by atomic mass is 16.5. The first-order chi connectivity index (χ1) is 12.5. The zero-order valence-corrected chi connectivity index (χ0v) is 15.4. The predicted molar refractivity (Wildman–Crippen MR) is 102 cm³/mol. The molecule has 2 rings (SSSR count). The van der Waals surface area contributed by atoms with E-state index in [0.29, 0.717) is 29.4 Å². The summed E-state index contributed by atoms with van der Waals surface area (Å²) in [6, 6.07) is 12.9. The molecule has 0 aromatic heterocycles. The molecule has 1 N–H and O–H groups in total.